The Morgan fingerprint density at radius 3 is 2.89 bits per heavy atom. The molecular weight excluding hydrogens is 236 g/mol. The molecule has 2 rings (SSSR count). The largest absolute Gasteiger partial charge is 0.384 e. The predicted octanol–water partition coefficient (Wildman–Crippen LogP) is 0.974. The Labute approximate surface area is 102 Å². The van der Waals surface area contributed by atoms with E-state index in [1.165, 1.54) is 18.5 Å². The fourth-order valence-corrected chi connectivity index (χ4v) is 1.34. The molecule has 0 spiro atoms. The summed E-state index contributed by atoms with van der Waals surface area (Å²) in [6.07, 6.45) is 2.99. The molecule has 2 aromatic heterocycles. The molecule has 0 saturated heterocycles. The molecule has 0 aromatic carbocycles. The van der Waals surface area contributed by atoms with Crippen molar-refractivity contribution in [3.8, 4) is 0 Å². The van der Waals surface area contributed by atoms with Crippen LogP contribution in [-0.4, -0.2) is 19.9 Å². The lowest BCUT2D eigenvalue weighted by atomic mass is 10.3. The Bertz CT molecular complexity index is 560. The molecule has 0 bridgehead atoms. The fraction of sp³-hybridized carbons (Fsp3) is 0.100. The molecule has 2 aromatic rings. The number of nitrogens with one attached hydrogen (secondary N) is 1. The van der Waals surface area contributed by atoms with E-state index in [4.69, 9.17) is 5.73 Å². The normalized spacial score (nSPS) is 10.0. The molecule has 0 saturated carbocycles. The number of nitrogen functional groups attached to an aromatic ring is 1. The molecule has 0 unspecified atom stereocenters. The summed E-state index contributed by atoms with van der Waals surface area (Å²) >= 11 is 0. The number of pyridine rings is 1. The van der Waals surface area contributed by atoms with Crippen molar-refractivity contribution < 1.29 is 4.92 Å². The van der Waals surface area contributed by atoms with Gasteiger partial charge in [0.05, 0.1) is 17.2 Å². The van der Waals surface area contributed by atoms with Crippen LogP contribution >= 0.6 is 0 Å². The van der Waals surface area contributed by atoms with Crippen LogP contribution < -0.4 is 11.1 Å². The smallest absolute Gasteiger partial charge is 0.311 e. The molecule has 0 aliphatic rings. The van der Waals surface area contributed by atoms with E-state index < -0.39 is 4.92 Å². The van der Waals surface area contributed by atoms with Crippen LogP contribution in [0.2, 0.25) is 0 Å². The van der Waals surface area contributed by atoms with Crippen molar-refractivity contribution in [3.05, 3.63) is 46.5 Å². The summed E-state index contributed by atoms with van der Waals surface area (Å²) in [5.74, 6) is 0.337. The van der Waals surface area contributed by atoms with E-state index in [0.29, 0.717) is 12.2 Å². The Morgan fingerprint density at radius 2 is 2.22 bits per heavy atom. The minimum atomic E-state index is -0.519. The molecule has 0 aliphatic heterocycles. The van der Waals surface area contributed by atoms with Gasteiger partial charge in [-0.2, -0.15) is 0 Å². The summed E-state index contributed by atoms with van der Waals surface area (Å²) in [5.41, 5.74) is 6.07. The van der Waals surface area contributed by atoms with E-state index in [9.17, 15) is 10.1 Å². The number of hydrogen-bond donors (Lipinski definition) is 2. The molecular formula is C10H10N6O2. The molecule has 18 heavy (non-hydrogen) atoms. The number of rotatable bonds is 4. The zero-order valence-electron chi connectivity index (χ0n) is 9.28. The Morgan fingerprint density at radius 1 is 1.39 bits per heavy atom. The van der Waals surface area contributed by atoms with Crippen molar-refractivity contribution in [1.82, 2.24) is 15.0 Å². The highest BCUT2D eigenvalue weighted by Crippen LogP contribution is 2.23. The van der Waals surface area contributed by atoms with Gasteiger partial charge in [-0.25, -0.2) is 15.0 Å². The topological polar surface area (TPSA) is 120 Å². The maximum atomic E-state index is 10.8. The highest BCUT2D eigenvalue weighted by molar-refractivity contribution is 5.59. The van der Waals surface area contributed by atoms with Crippen LogP contribution in [0.1, 0.15) is 5.69 Å². The lowest BCUT2D eigenvalue weighted by molar-refractivity contribution is -0.384. The fourth-order valence-electron chi connectivity index (χ4n) is 1.34. The van der Waals surface area contributed by atoms with Crippen LogP contribution in [-0.2, 0) is 6.54 Å². The molecule has 0 fully saturated rings. The van der Waals surface area contributed by atoms with E-state index in [-0.39, 0.29) is 17.3 Å². The second-order valence-corrected chi connectivity index (χ2v) is 3.42. The number of aromatic nitrogens is 3. The first-order chi connectivity index (χ1) is 8.66. The molecule has 0 aliphatic carbocycles. The van der Waals surface area contributed by atoms with E-state index in [2.05, 4.69) is 20.3 Å². The summed E-state index contributed by atoms with van der Waals surface area (Å²) in [6.45, 7) is 0.305. The van der Waals surface area contributed by atoms with Gasteiger partial charge < -0.3 is 11.1 Å². The third-order valence-corrected chi connectivity index (χ3v) is 2.17. The van der Waals surface area contributed by atoms with Gasteiger partial charge in [-0.3, -0.25) is 10.1 Å². The summed E-state index contributed by atoms with van der Waals surface area (Å²) in [7, 11) is 0. The minimum absolute atomic E-state index is 0.124. The van der Waals surface area contributed by atoms with Crippen molar-refractivity contribution in [2.24, 2.45) is 0 Å². The van der Waals surface area contributed by atoms with Gasteiger partial charge in [0.25, 0.3) is 0 Å². The number of nitrogens with zero attached hydrogens (tertiary/aromatic N) is 4. The molecule has 0 radical (unpaired) electrons. The Balaban J connectivity index is 2.18. The van der Waals surface area contributed by atoms with Crippen LogP contribution in [0.15, 0.2) is 30.7 Å². The first kappa shape index (κ1) is 11.7. The first-order valence-electron chi connectivity index (χ1n) is 5.06. The van der Waals surface area contributed by atoms with Crippen molar-refractivity contribution in [1.29, 1.82) is 0 Å². The molecule has 8 heteroatoms. The number of anilines is 2. The van der Waals surface area contributed by atoms with Crippen LogP contribution in [0, 0.1) is 10.1 Å². The summed E-state index contributed by atoms with van der Waals surface area (Å²) in [6, 6.07) is 4.39. The van der Waals surface area contributed by atoms with Gasteiger partial charge in [0.1, 0.15) is 12.1 Å². The third-order valence-electron chi connectivity index (χ3n) is 2.17. The van der Waals surface area contributed by atoms with Crippen LogP contribution in [0.25, 0.3) is 0 Å². The van der Waals surface area contributed by atoms with E-state index >= 15 is 0 Å². The third kappa shape index (κ3) is 2.67. The van der Waals surface area contributed by atoms with Gasteiger partial charge in [-0.15, -0.1) is 0 Å². The van der Waals surface area contributed by atoms with E-state index in [0.717, 1.165) is 0 Å². The Hall–Kier alpha value is -2.77. The number of hydrogen-bond acceptors (Lipinski definition) is 7. The summed E-state index contributed by atoms with van der Waals surface area (Å²) in [5, 5.41) is 13.6. The second-order valence-electron chi connectivity index (χ2n) is 3.42. The number of nitrogens with two attached hydrogens (primary N) is 1. The number of nitro groups is 1. The maximum Gasteiger partial charge on any atom is 0.311 e. The van der Waals surface area contributed by atoms with Crippen molar-refractivity contribution >= 4 is 17.3 Å². The van der Waals surface area contributed by atoms with Gasteiger partial charge in [0.2, 0.25) is 5.82 Å². The molecule has 0 atom stereocenters. The van der Waals surface area contributed by atoms with Gasteiger partial charge in [-0.1, -0.05) is 0 Å². The predicted molar refractivity (Wildman–Crippen MR) is 64.7 cm³/mol. The lowest BCUT2D eigenvalue weighted by Crippen LogP contribution is -2.07. The molecule has 2 heterocycles. The van der Waals surface area contributed by atoms with Crippen molar-refractivity contribution in [2.75, 3.05) is 11.1 Å². The molecule has 3 N–H and O–H groups in total. The van der Waals surface area contributed by atoms with Crippen LogP contribution in [0.3, 0.4) is 0 Å². The van der Waals surface area contributed by atoms with Gasteiger partial charge in [-0.05, 0) is 12.1 Å². The summed E-state index contributed by atoms with van der Waals surface area (Å²) in [4.78, 5) is 21.9. The quantitative estimate of drug-likeness (QED) is 0.609. The van der Waals surface area contributed by atoms with Crippen molar-refractivity contribution in [2.45, 2.75) is 6.54 Å². The first-order valence-corrected chi connectivity index (χ1v) is 5.06. The SMILES string of the molecule is Nc1ccc([N+](=O)[O-])c(NCc2ccncn2)n1. The zero-order chi connectivity index (χ0) is 13.0. The molecule has 92 valence electrons. The van der Waals surface area contributed by atoms with E-state index in [1.807, 2.05) is 0 Å². The standard InChI is InChI=1S/C10H10N6O2/c11-9-2-1-8(16(17)18)10(15-9)13-5-7-3-4-12-6-14-7/h1-4,6H,5H2,(H3,11,13,15). The van der Waals surface area contributed by atoms with Gasteiger partial charge >= 0.3 is 5.69 Å². The molecule has 0 amide bonds. The van der Waals surface area contributed by atoms with Crippen LogP contribution in [0.4, 0.5) is 17.3 Å². The van der Waals surface area contributed by atoms with Gasteiger partial charge in [0.15, 0.2) is 0 Å². The Kier molecular flexibility index (Phi) is 3.28. The monoisotopic (exact) mass is 246 g/mol. The highest BCUT2D eigenvalue weighted by Gasteiger charge is 2.15. The van der Waals surface area contributed by atoms with Crippen LogP contribution in [0.5, 0.6) is 0 Å². The molecule has 8 nitrogen and oxygen atoms in total. The highest BCUT2D eigenvalue weighted by atomic mass is 16.6. The van der Waals surface area contributed by atoms with Crippen molar-refractivity contribution in [3.63, 3.8) is 0 Å². The second kappa shape index (κ2) is 5.04. The average Bonchev–Trinajstić information content (AvgIpc) is 2.37. The average molecular weight is 246 g/mol. The van der Waals surface area contributed by atoms with Gasteiger partial charge in [0, 0.05) is 12.3 Å². The summed E-state index contributed by atoms with van der Waals surface area (Å²) < 4.78 is 0. The lowest BCUT2D eigenvalue weighted by Gasteiger charge is -2.06. The van der Waals surface area contributed by atoms with E-state index in [1.54, 1.807) is 12.3 Å². The zero-order valence-corrected chi connectivity index (χ0v) is 9.28. The maximum absolute atomic E-state index is 10.8. The minimum Gasteiger partial charge on any atom is -0.384 e.